The van der Waals surface area contributed by atoms with E-state index in [0.717, 1.165) is 32.1 Å². The molecule has 3 aliphatic heterocycles. The van der Waals surface area contributed by atoms with Crippen LogP contribution in [0, 0.1) is 0 Å². The quantitative estimate of drug-likeness (QED) is 0.154. The van der Waals surface area contributed by atoms with Crippen molar-refractivity contribution < 1.29 is 38.9 Å². The Morgan fingerprint density at radius 2 is 0.583 bits per heavy atom. The largest absolute Gasteiger partial charge is 0.506 e. The maximum Gasteiger partial charge on any atom is 0.264 e. The summed E-state index contributed by atoms with van der Waals surface area (Å²) in [5.74, 6) is -1.08. The van der Waals surface area contributed by atoms with Crippen molar-refractivity contribution in [1.82, 2.24) is 9.80 Å². The molecular formula is C58H58N2O8S4. The first-order valence-corrected chi connectivity index (χ1v) is 26.9. The van der Waals surface area contributed by atoms with Crippen molar-refractivity contribution in [2.75, 3.05) is 13.5 Å². The van der Waals surface area contributed by atoms with Crippen molar-refractivity contribution in [1.29, 1.82) is 0 Å². The number of amides is 4. The molecule has 3 aliphatic rings. The molecule has 14 heteroatoms. The summed E-state index contributed by atoms with van der Waals surface area (Å²) in [6, 6.07) is 29.5. The van der Waals surface area contributed by atoms with Gasteiger partial charge >= 0.3 is 0 Å². The van der Waals surface area contributed by atoms with Crippen LogP contribution in [0.3, 0.4) is 0 Å². The highest BCUT2D eigenvalue weighted by molar-refractivity contribution is 8.01. The summed E-state index contributed by atoms with van der Waals surface area (Å²) in [5.41, 5.74) is 3.47. The number of phenols is 2. The van der Waals surface area contributed by atoms with Gasteiger partial charge in [-0.05, 0) is 117 Å². The average Bonchev–Trinajstić information content (AvgIpc) is 3.69. The van der Waals surface area contributed by atoms with Crippen molar-refractivity contribution in [2.45, 2.75) is 144 Å². The first kappa shape index (κ1) is 51.1. The lowest BCUT2D eigenvalue weighted by atomic mass is 9.87. The van der Waals surface area contributed by atoms with E-state index in [9.17, 15) is 29.4 Å². The van der Waals surface area contributed by atoms with Crippen LogP contribution < -0.4 is 9.47 Å². The molecule has 0 saturated heterocycles. The second-order valence-electron chi connectivity index (χ2n) is 22.4. The third kappa shape index (κ3) is 9.75. The lowest BCUT2D eigenvalue weighted by Gasteiger charge is -2.28. The van der Waals surface area contributed by atoms with Gasteiger partial charge in [0.05, 0.1) is 61.4 Å². The molecule has 8 bridgehead atoms. The monoisotopic (exact) mass is 1040 g/mol. The van der Waals surface area contributed by atoms with Crippen LogP contribution in [0.5, 0.6) is 23.0 Å². The summed E-state index contributed by atoms with van der Waals surface area (Å²) >= 11 is 5.25. The predicted octanol–water partition coefficient (Wildman–Crippen LogP) is 14.5. The van der Waals surface area contributed by atoms with Crippen LogP contribution in [0.15, 0.2) is 136 Å². The molecule has 2 N–H and O–H groups in total. The second kappa shape index (κ2) is 18.6. The number of rotatable bonds is 6. The van der Waals surface area contributed by atoms with E-state index in [2.05, 4.69) is 83.1 Å². The normalized spacial score (nSPS) is 15.0. The van der Waals surface area contributed by atoms with E-state index in [1.807, 2.05) is 48.5 Å². The zero-order valence-corrected chi connectivity index (χ0v) is 45.8. The third-order valence-electron chi connectivity index (χ3n) is 12.9. The number of phenolic OH excluding ortho intramolecular Hbond substituents is 2. The van der Waals surface area contributed by atoms with E-state index in [1.165, 1.54) is 47.0 Å². The van der Waals surface area contributed by atoms with Gasteiger partial charge in [-0.25, -0.2) is 9.80 Å². The smallest absolute Gasteiger partial charge is 0.264 e. The zero-order chi connectivity index (χ0) is 52.0. The molecule has 6 aromatic rings. The number of nitrogens with zero attached hydrogens (tertiary/aromatic N) is 2. The highest BCUT2D eigenvalue weighted by Gasteiger charge is 2.38. The number of hydrogen-bond donors (Lipinski definition) is 2. The summed E-state index contributed by atoms with van der Waals surface area (Å²) < 4.78 is 13.5. The number of imide groups is 2. The van der Waals surface area contributed by atoms with Gasteiger partial charge in [-0.2, -0.15) is 0 Å². The van der Waals surface area contributed by atoms with Gasteiger partial charge in [0.2, 0.25) is 0 Å². The van der Waals surface area contributed by atoms with E-state index in [0.29, 0.717) is 72.9 Å². The molecule has 72 heavy (non-hydrogen) atoms. The summed E-state index contributed by atoms with van der Waals surface area (Å²) in [4.78, 5) is 61.8. The molecule has 0 saturated carbocycles. The number of aromatic hydroxyl groups is 2. The number of carbonyl (C=O) groups excluding carboxylic acids is 4. The Hall–Kier alpha value is -5.80. The van der Waals surface area contributed by atoms with Crippen LogP contribution in [0.4, 0.5) is 0 Å². The molecule has 0 radical (unpaired) electrons. The van der Waals surface area contributed by atoms with E-state index in [1.54, 1.807) is 48.5 Å². The number of carbonyl (C=O) groups is 4. The minimum absolute atomic E-state index is 0.00565. The third-order valence-corrected chi connectivity index (χ3v) is 17.1. The Morgan fingerprint density at radius 3 is 0.792 bits per heavy atom. The Morgan fingerprint density at radius 1 is 0.375 bits per heavy atom. The summed E-state index contributed by atoms with van der Waals surface area (Å²) in [5, 5.41) is 25.4. The summed E-state index contributed by atoms with van der Waals surface area (Å²) in [6.45, 7) is 24.6. The van der Waals surface area contributed by atoms with Crippen LogP contribution in [-0.4, -0.2) is 57.1 Å². The van der Waals surface area contributed by atoms with Crippen molar-refractivity contribution in [3.05, 3.63) is 142 Å². The molecule has 0 aliphatic carbocycles. The van der Waals surface area contributed by atoms with Gasteiger partial charge in [0.1, 0.15) is 23.0 Å². The molecule has 6 aromatic carbocycles. The van der Waals surface area contributed by atoms with E-state index < -0.39 is 23.6 Å². The van der Waals surface area contributed by atoms with Gasteiger partial charge < -0.3 is 19.7 Å². The van der Waals surface area contributed by atoms with Gasteiger partial charge in [-0.15, -0.1) is 0 Å². The standard InChI is InChI=1S/C58H58N2O8S4/c1-55(2,3)31-21-39-47(61)40(22-31)70-44-26-34(58(10,11)12)28-46(50(44)68-30-60-53(65)37-19-15-16-20-38(37)54(60)66)72-42-24-32(56(4,5)6)23-41(48(42)62)71-45-27-33(57(7,8)9)25-43(69-39)49(45)67-29-59-51(63)35-17-13-14-18-36(35)52(59)64/h13-28,61-62H,29-30H2,1-12H3. The Kier molecular flexibility index (Phi) is 13.2. The number of benzene rings is 6. The molecule has 0 fully saturated rings. The van der Waals surface area contributed by atoms with Gasteiger partial charge in [0.15, 0.2) is 13.5 Å². The van der Waals surface area contributed by atoms with Crippen molar-refractivity contribution in [2.24, 2.45) is 0 Å². The highest BCUT2D eigenvalue weighted by atomic mass is 32.2. The van der Waals surface area contributed by atoms with Crippen LogP contribution >= 0.6 is 47.0 Å². The predicted molar refractivity (Wildman–Crippen MR) is 285 cm³/mol. The van der Waals surface area contributed by atoms with Crippen LogP contribution in [0.1, 0.15) is 147 Å². The molecule has 10 nitrogen and oxygen atoms in total. The fourth-order valence-corrected chi connectivity index (χ4v) is 13.0. The molecule has 0 atom stereocenters. The van der Waals surface area contributed by atoms with Gasteiger partial charge in [-0.3, -0.25) is 19.2 Å². The van der Waals surface area contributed by atoms with Gasteiger partial charge in [0.25, 0.3) is 23.6 Å². The molecule has 9 rings (SSSR count). The Balaban J connectivity index is 1.28. The summed E-state index contributed by atoms with van der Waals surface area (Å²) in [7, 11) is 0. The van der Waals surface area contributed by atoms with E-state index >= 15 is 0 Å². The number of fused-ring (bicyclic) bond motifs is 10. The van der Waals surface area contributed by atoms with E-state index in [4.69, 9.17) is 9.47 Å². The van der Waals surface area contributed by atoms with Crippen molar-refractivity contribution in [3.8, 4) is 23.0 Å². The highest BCUT2D eigenvalue weighted by Crippen LogP contribution is 2.56. The number of hydrogen-bond acceptors (Lipinski definition) is 12. The molecule has 0 spiro atoms. The first-order chi connectivity index (χ1) is 33.7. The van der Waals surface area contributed by atoms with Crippen LogP contribution in [0.25, 0.3) is 0 Å². The molecular weight excluding hydrogens is 981 g/mol. The SMILES string of the molecule is CC(C)(C)c1cc2c(O)c(c1)Sc1cc(C(C)(C)C)cc(c1OCN1C(=O)c3ccccc3C1=O)Sc1cc(C(C)(C)C)cc(c1O)Sc1cc(C(C)(C)C)cc(c1OCN1C(=O)c3ccccc3C1=O)S2. The maximum absolute atomic E-state index is 13.7. The molecule has 0 unspecified atom stereocenters. The molecule has 4 amide bonds. The van der Waals surface area contributed by atoms with Crippen molar-refractivity contribution in [3.63, 3.8) is 0 Å². The minimum atomic E-state index is -0.459. The second-order valence-corrected chi connectivity index (χ2v) is 26.7. The fraction of sp³-hybridized carbons (Fsp3) is 0.310. The first-order valence-electron chi connectivity index (χ1n) is 23.7. The number of ether oxygens (including phenoxy) is 2. The van der Waals surface area contributed by atoms with Crippen molar-refractivity contribution >= 4 is 70.7 Å². The average molecular weight is 1040 g/mol. The molecule has 0 aromatic heterocycles. The van der Waals surface area contributed by atoms with Gasteiger partial charge in [0, 0.05) is 0 Å². The zero-order valence-electron chi connectivity index (χ0n) is 42.5. The fourth-order valence-electron chi connectivity index (χ4n) is 8.39. The van der Waals surface area contributed by atoms with E-state index in [-0.39, 0.29) is 46.6 Å². The lowest BCUT2D eigenvalue weighted by Crippen LogP contribution is -2.33. The van der Waals surface area contributed by atoms with Crippen LogP contribution in [0.2, 0.25) is 0 Å². The summed E-state index contributed by atoms with van der Waals surface area (Å²) in [6.07, 6.45) is 0. The molecule has 3 heterocycles. The maximum atomic E-state index is 13.7. The Bertz CT molecular complexity index is 2880. The molecule has 372 valence electrons. The lowest BCUT2D eigenvalue weighted by molar-refractivity contribution is 0.0499. The van der Waals surface area contributed by atoms with Crippen LogP contribution in [-0.2, 0) is 21.7 Å². The topological polar surface area (TPSA) is 134 Å². The Labute approximate surface area is 438 Å². The minimum Gasteiger partial charge on any atom is -0.506 e. The van der Waals surface area contributed by atoms with Gasteiger partial charge in [-0.1, -0.05) is 154 Å².